The van der Waals surface area contributed by atoms with E-state index < -0.39 is 29.1 Å². The SMILES string of the molecule is CCC1(Cc2ccccc2)NC(=O)C(Cc2c(C#N)ccc(F)c2F)N(C)C1=O. The van der Waals surface area contributed by atoms with E-state index in [1.54, 1.807) is 0 Å². The Balaban J connectivity index is 1.91. The zero-order chi connectivity index (χ0) is 21.2. The van der Waals surface area contributed by atoms with Gasteiger partial charge >= 0.3 is 0 Å². The summed E-state index contributed by atoms with van der Waals surface area (Å²) in [5.74, 6) is -3.04. The predicted octanol–water partition coefficient (Wildman–Crippen LogP) is 2.73. The highest BCUT2D eigenvalue weighted by Crippen LogP contribution is 2.28. The van der Waals surface area contributed by atoms with Gasteiger partial charge in [0, 0.05) is 25.5 Å². The normalized spacial score (nSPS) is 21.6. The number of hydrogen-bond donors (Lipinski definition) is 1. The van der Waals surface area contributed by atoms with Gasteiger partial charge in [0.15, 0.2) is 11.6 Å². The van der Waals surface area contributed by atoms with Gasteiger partial charge in [-0.05, 0) is 24.1 Å². The van der Waals surface area contributed by atoms with Crippen molar-refractivity contribution in [1.82, 2.24) is 10.2 Å². The average Bonchev–Trinajstić information content (AvgIpc) is 2.73. The van der Waals surface area contributed by atoms with Gasteiger partial charge in [-0.25, -0.2) is 8.78 Å². The Morgan fingerprint density at radius 2 is 1.86 bits per heavy atom. The van der Waals surface area contributed by atoms with Gasteiger partial charge < -0.3 is 10.2 Å². The topological polar surface area (TPSA) is 73.2 Å². The number of carbonyl (C=O) groups excluding carboxylic acids is 2. The molecule has 7 heteroatoms. The maximum Gasteiger partial charge on any atom is 0.249 e. The van der Waals surface area contributed by atoms with Crippen LogP contribution < -0.4 is 5.32 Å². The van der Waals surface area contributed by atoms with E-state index >= 15 is 0 Å². The fourth-order valence-electron chi connectivity index (χ4n) is 3.78. The Bertz CT molecular complexity index is 988. The minimum atomic E-state index is -1.17. The van der Waals surface area contributed by atoms with E-state index in [1.165, 1.54) is 18.0 Å². The van der Waals surface area contributed by atoms with Crippen molar-refractivity contribution in [3.63, 3.8) is 0 Å². The first-order valence-electron chi connectivity index (χ1n) is 9.33. The lowest BCUT2D eigenvalue weighted by Gasteiger charge is -2.44. The third-order valence-electron chi connectivity index (χ3n) is 5.53. The van der Waals surface area contributed by atoms with Crippen LogP contribution in [0, 0.1) is 23.0 Å². The zero-order valence-electron chi connectivity index (χ0n) is 16.2. The molecule has 5 nitrogen and oxygen atoms in total. The van der Waals surface area contributed by atoms with Crippen molar-refractivity contribution in [2.45, 2.75) is 37.8 Å². The minimum absolute atomic E-state index is 0.0610. The van der Waals surface area contributed by atoms with Gasteiger partial charge in [0.05, 0.1) is 11.6 Å². The summed E-state index contributed by atoms with van der Waals surface area (Å²) in [6, 6.07) is 12.2. The predicted molar refractivity (Wildman–Crippen MR) is 103 cm³/mol. The van der Waals surface area contributed by atoms with Gasteiger partial charge in [-0.15, -0.1) is 0 Å². The number of likely N-dealkylation sites (N-methyl/N-ethyl adjacent to an activating group) is 1. The molecular formula is C22H21F2N3O2. The molecule has 2 atom stereocenters. The molecule has 0 aliphatic carbocycles. The molecule has 29 heavy (non-hydrogen) atoms. The molecule has 0 bridgehead atoms. The molecule has 2 aromatic carbocycles. The van der Waals surface area contributed by atoms with Crippen molar-refractivity contribution in [2.75, 3.05) is 7.05 Å². The molecule has 1 saturated heterocycles. The van der Waals surface area contributed by atoms with Crippen LogP contribution in [0.1, 0.15) is 30.0 Å². The Labute approximate surface area is 167 Å². The molecule has 3 rings (SSSR count). The van der Waals surface area contributed by atoms with Crippen LogP contribution in [0.3, 0.4) is 0 Å². The number of piperazine rings is 1. The first kappa shape index (κ1) is 20.5. The van der Waals surface area contributed by atoms with Gasteiger partial charge in [-0.3, -0.25) is 9.59 Å². The summed E-state index contributed by atoms with van der Waals surface area (Å²) in [5, 5.41) is 12.0. The second-order valence-electron chi connectivity index (χ2n) is 7.22. The number of hydrogen-bond acceptors (Lipinski definition) is 3. The van der Waals surface area contributed by atoms with Crippen molar-refractivity contribution >= 4 is 11.8 Å². The fraction of sp³-hybridized carbons (Fsp3) is 0.318. The first-order chi connectivity index (χ1) is 13.8. The monoisotopic (exact) mass is 397 g/mol. The van der Waals surface area contributed by atoms with Gasteiger partial charge in [-0.1, -0.05) is 37.3 Å². The third kappa shape index (κ3) is 3.70. The molecule has 1 heterocycles. The highest BCUT2D eigenvalue weighted by Gasteiger charge is 2.48. The van der Waals surface area contributed by atoms with Crippen molar-refractivity contribution in [2.24, 2.45) is 0 Å². The van der Waals surface area contributed by atoms with Crippen molar-refractivity contribution in [3.05, 3.63) is 70.8 Å². The van der Waals surface area contributed by atoms with Crippen LogP contribution in [-0.4, -0.2) is 35.3 Å². The second-order valence-corrected chi connectivity index (χ2v) is 7.22. The Morgan fingerprint density at radius 3 is 2.48 bits per heavy atom. The lowest BCUT2D eigenvalue weighted by Crippen LogP contribution is -2.70. The number of nitriles is 1. The smallest absolute Gasteiger partial charge is 0.249 e. The first-order valence-corrected chi connectivity index (χ1v) is 9.33. The average molecular weight is 397 g/mol. The Morgan fingerprint density at radius 1 is 1.17 bits per heavy atom. The molecule has 1 aliphatic rings. The molecule has 0 spiro atoms. The Kier molecular flexibility index (Phi) is 5.64. The van der Waals surface area contributed by atoms with E-state index in [2.05, 4.69) is 5.32 Å². The molecular weight excluding hydrogens is 376 g/mol. The lowest BCUT2D eigenvalue weighted by atomic mass is 9.83. The maximum atomic E-state index is 14.3. The molecule has 2 amide bonds. The van der Waals surface area contributed by atoms with Crippen LogP contribution in [0.15, 0.2) is 42.5 Å². The van der Waals surface area contributed by atoms with Crippen molar-refractivity contribution in [1.29, 1.82) is 5.26 Å². The van der Waals surface area contributed by atoms with Crippen LogP contribution in [0.5, 0.6) is 0 Å². The minimum Gasteiger partial charge on any atom is -0.340 e. The molecule has 1 aliphatic heterocycles. The molecule has 1 N–H and O–H groups in total. The molecule has 0 radical (unpaired) electrons. The largest absolute Gasteiger partial charge is 0.340 e. The quantitative estimate of drug-likeness (QED) is 0.843. The summed E-state index contributed by atoms with van der Waals surface area (Å²) in [5.41, 5.74) is -0.478. The highest BCUT2D eigenvalue weighted by molar-refractivity contribution is 6.00. The van der Waals surface area contributed by atoms with E-state index in [-0.39, 0.29) is 23.5 Å². The number of carbonyl (C=O) groups is 2. The second kappa shape index (κ2) is 8.00. The van der Waals surface area contributed by atoms with Gasteiger partial charge in [0.25, 0.3) is 0 Å². The summed E-state index contributed by atoms with van der Waals surface area (Å²) < 4.78 is 28.0. The number of nitrogens with one attached hydrogen (secondary N) is 1. The van der Waals surface area contributed by atoms with E-state index in [0.29, 0.717) is 12.8 Å². The van der Waals surface area contributed by atoms with E-state index in [4.69, 9.17) is 0 Å². The van der Waals surface area contributed by atoms with Gasteiger partial charge in [0.1, 0.15) is 11.6 Å². The highest BCUT2D eigenvalue weighted by atomic mass is 19.2. The van der Waals surface area contributed by atoms with Crippen LogP contribution in [0.4, 0.5) is 8.78 Å². The van der Waals surface area contributed by atoms with Crippen LogP contribution in [0.25, 0.3) is 0 Å². The fourth-order valence-corrected chi connectivity index (χ4v) is 3.78. The van der Waals surface area contributed by atoms with Crippen LogP contribution in [-0.2, 0) is 22.4 Å². The Hall–Kier alpha value is -3.27. The van der Waals surface area contributed by atoms with Crippen LogP contribution in [0.2, 0.25) is 0 Å². The maximum absolute atomic E-state index is 14.3. The van der Waals surface area contributed by atoms with E-state index in [0.717, 1.165) is 11.6 Å². The number of nitrogens with zero attached hydrogens (tertiary/aromatic N) is 2. The van der Waals surface area contributed by atoms with Crippen molar-refractivity contribution in [3.8, 4) is 6.07 Å². The van der Waals surface area contributed by atoms with Gasteiger partial charge in [-0.2, -0.15) is 5.26 Å². The number of benzene rings is 2. The standard InChI is InChI=1S/C22H21F2N3O2/c1-3-22(12-14-7-5-4-6-8-14)21(29)27(2)18(20(28)26-22)11-16-15(13-25)9-10-17(23)19(16)24/h4-10,18H,3,11-12H2,1-2H3,(H,26,28). The molecule has 2 unspecified atom stereocenters. The summed E-state index contributed by atoms with van der Waals surface area (Å²) in [6.07, 6.45) is 0.413. The van der Waals surface area contributed by atoms with E-state index in [9.17, 15) is 23.6 Å². The zero-order valence-corrected chi connectivity index (χ0v) is 16.2. The molecule has 2 aromatic rings. The van der Waals surface area contributed by atoms with E-state index in [1.807, 2.05) is 43.3 Å². The molecule has 1 fully saturated rings. The summed E-state index contributed by atoms with van der Waals surface area (Å²) in [4.78, 5) is 27.4. The molecule has 0 saturated carbocycles. The molecule has 0 aromatic heterocycles. The summed E-state index contributed by atoms with van der Waals surface area (Å²) >= 11 is 0. The number of rotatable bonds is 5. The van der Waals surface area contributed by atoms with Crippen LogP contribution >= 0.6 is 0 Å². The lowest BCUT2D eigenvalue weighted by molar-refractivity contribution is -0.153. The van der Waals surface area contributed by atoms with Gasteiger partial charge in [0.2, 0.25) is 11.8 Å². The number of amides is 2. The summed E-state index contributed by atoms with van der Waals surface area (Å²) in [7, 11) is 1.48. The third-order valence-corrected chi connectivity index (χ3v) is 5.53. The van der Waals surface area contributed by atoms with Crippen molar-refractivity contribution < 1.29 is 18.4 Å². The summed E-state index contributed by atoms with van der Waals surface area (Å²) in [6.45, 7) is 1.81. The molecule has 150 valence electrons. The number of halogens is 2.